The Kier molecular flexibility index (Phi) is 4.27. The van der Waals surface area contributed by atoms with Gasteiger partial charge in [-0.1, -0.05) is 6.07 Å². The van der Waals surface area contributed by atoms with Crippen molar-refractivity contribution in [2.75, 3.05) is 18.1 Å². The van der Waals surface area contributed by atoms with Gasteiger partial charge in [0.25, 0.3) is 5.56 Å². The Morgan fingerprint density at radius 2 is 2.11 bits per heavy atom. The molecular weight excluding hydrogens is 346 g/mol. The largest absolute Gasteiger partial charge is 0.462 e. The van der Waals surface area contributed by atoms with Crippen molar-refractivity contribution in [3.05, 3.63) is 69.6 Å². The van der Waals surface area contributed by atoms with E-state index in [-0.39, 0.29) is 11.6 Å². The van der Waals surface area contributed by atoms with Crippen LogP contribution < -0.4 is 10.5 Å². The van der Waals surface area contributed by atoms with E-state index in [0.29, 0.717) is 28.8 Å². The molecule has 138 valence electrons. The van der Waals surface area contributed by atoms with Crippen molar-refractivity contribution in [3.63, 3.8) is 0 Å². The average molecular weight is 365 g/mol. The highest BCUT2D eigenvalue weighted by Gasteiger charge is 2.21. The Balaban J connectivity index is 1.74. The van der Waals surface area contributed by atoms with Crippen LogP contribution in [-0.4, -0.2) is 34.0 Å². The van der Waals surface area contributed by atoms with Crippen LogP contribution >= 0.6 is 0 Å². The summed E-state index contributed by atoms with van der Waals surface area (Å²) in [6.07, 6.45) is 2.33. The lowest BCUT2D eigenvalue weighted by atomic mass is 9.96. The molecule has 27 heavy (non-hydrogen) atoms. The molecule has 0 radical (unpaired) electrons. The van der Waals surface area contributed by atoms with E-state index >= 15 is 0 Å². The third kappa shape index (κ3) is 3.01. The maximum atomic E-state index is 12.1. The van der Waals surface area contributed by atoms with Crippen LogP contribution in [0.5, 0.6) is 0 Å². The lowest BCUT2D eigenvalue weighted by molar-refractivity contribution is 0.0526. The van der Waals surface area contributed by atoms with Gasteiger partial charge in [0.15, 0.2) is 5.65 Å². The highest BCUT2D eigenvalue weighted by molar-refractivity contribution is 5.91. The number of fused-ring (bicyclic) bond motifs is 2. The first-order chi connectivity index (χ1) is 13.1. The Morgan fingerprint density at radius 3 is 2.93 bits per heavy atom. The molecule has 3 aromatic rings. The second kappa shape index (κ2) is 6.75. The van der Waals surface area contributed by atoms with E-state index in [1.807, 2.05) is 18.2 Å². The molecule has 0 saturated carbocycles. The molecule has 0 unspecified atom stereocenters. The summed E-state index contributed by atoms with van der Waals surface area (Å²) in [5.74, 6) is -0.338. The normalized spacial score (nSPS) is 13.4. The number of rotatable bonds is 3. The minimum atomic E-state index is -0.526. The van der Waals surface area contributed by atoms with Gasteiger partial charge in [0.2, 0.25) is 0 Å². The highest BCUT2D eigenvalue weighted by Crippen LogP contribution is 2.29. The fourth-order valence-electron chi connectivity index (χ4n) is 3.49. The van der Waals surface area contributed by atoms with Crippen molar-refractivity contribution in [3.8, 4) is 0 Å². The van der Waals surface area contributed by atoms with Gasteiger partial charge in [-0.3, -0.25) is 4.79 Å². The maximum absolute atomic E-state index is 12.1. The monoisotopic (exact) mass is 365 g/mol. The summed E-state index contributed by atoms with van der Waals surface area (Å²) in [4.78, 5) is 30.4. The zero-order valence-electron chi connectivity index (χ0n) is 14.9. The van der Waals surface area contributed by atoms with Gasteiger partial charge in [-0.15, -0.1) is 4.73 Å². The lowest BCUT2D eigenvalue weighted by Gasteiger charge is -2.31. The van der Waals surface area contributed by atoms with Gasteiger partial charge in [0, 0.05) is 30.7 Å². The van der Waals surface area contributed by atoms with E-state index in [9.17, 15) is 14.8 Å². The molecule has 1 aromatic carbocycles. The Morgan fingerprint density at radius 1 is 1.26 bits per heavy atom. The molecular formula is C20H19N3O4. The number of carbonyl (C=O) groups excluding carboxylic acids is 1. The zero-order valence-corrected chi connectivity index (χ0v) is 14.9. The molecule has 0 saturated heterocycles. The summed E-state index contributed by atoms with van der Waals surface area (Å²) < 4.78 is 5.65. The smallest absolute Gasteiger partial charge is 0.338 e. The fourth-order valence-corrected chi connectivity index (χ4v) is 3.49. The van der Waals surface area contributed by atoms with Crippen LogP contribution in [-0.2, 0) is 17.7 Å². The molecule has 0 atom stereocenters. The summed E-state index contributed by atoms with van der Waals surface area (Å²) in [7, 11) is 0. The average Bonchev–Trinajstić information content (AvgIpc) is 2.70. The molecule has 4 rings (SSSR count). The van der Waals surface area contributed by atoms with Crippen LogP contribution in [0.2, 0.25) is 0 Å². The van der Waals surface area contributed by atoms with Crippen molar-refractivity contribution in [1.82, 2.24) is 9.71 Å². The lowest BCUT2D eigenvalue weighted by Crippen LogP contribution is -2.32. The number of hydrogen-bond donors (Lipinski definition) is 1. The molecule has 1 aliphatic rings. The minimum absolute atomic E-state index is 0.228. The number of hydrogen-bond acceptors (Lipinski definition) is 6. The second-order valence-electron chi connectivity index (χ2n) is 6.43. The van der Waals surface area contributed by atoms with Crippen LogP contribution in [0, 0.1) is 0 Å². The number of pyridine rings is 2. The standard InChI is InChI=1S/C20H19N3O4/c1-2-27-20(25)14-6-5-13-7-9-22(12-15(13)10-14)17-11-18(24)23(26)19-16(17)4-3-8-21-19/h3-6,8,10-11,26H,2,7,9,12H2,1H3. The Bertz CT molecular complexity index is 1090. The second-order valence-corrected chi connectivity index (χ2v) is 6.43. The van der Waals surface area contributed by atoms with Crippen molar-refractivity contribution < 1.29 is 14.7 Å². The first-order valence-electron chi connectivity index (χ1n) is 8.82. The molecule has 3 heterocycles. The Hall–Kier alpha value is -3.35. The van der Waals surface area contributed by atoms with Crippen LogP contribution in [0.25, 0.3) is 11.0 Å². The number of benzene rings is 1. The van der Waals surface area contributed by atoms with Crippen LogP contribution in [0.1, 0.15) is 28.4 Å². The van der Waals surface area contributed by atoms with E-state index in [0.717, 1.165) is 24.2 Å². The van der Waals surface area contributed by atoms with E-state index in [1.165, 1.54) is 17.8 Å². The zero-order chi connectivity index (χ0) is 19.0. The summed E-state index contributed by atoms with van der Waals surface area (Å²) in [5.41, 5.74) is 3.15. The predicted octanol–water partition coefficient (Wildman–Crippen LogP) is 2.37. The number of ether oxygens (including phenoxy) is 1. The van der Waals surface area contributed by atoms with Crippen molar-refractivity contribution in [2.45, 2.75) is 19.9 Å². The molecule has 0 spiro atoms. The van der Waals surface area contributed by atoms with E-state index in [4.69, 9.17) is 4.74 Å². The summed E-state index contributed by atoms with van der Waals surface area (Å²) in [6.45, 7) is 3.39. The van der Waals surface area contributed by atoms with Crippen LogP contribution in [0.4, 0.5) is 5.69 Å². The van der Waals surface area contributed by atoms with Crippen molar-refractivity contribution in [2.24, 2.45) is 0 Å². The minimum Gasteiger partial charge on any atom is -0.462 e. The summed E-state index contributed by atoms with van der Waals surface area (Å²) in [5, 5.41) is 10.7. The molecule has 7 heteroatoms. The predicted molar refractivity (Wildman–Crippen MR) is 100 cm³/mol. The number of carbonyl (C=O) groups is 1. The van der Waals surface area contributed by atoms with Crippen molar-refractivity contribution >= 4 is 22.7 Å². The van der Waals surface area contributed by atoms with Crippen molar-refractivity contribution in [1.29, 1.82) is 0 Å². The first kappa shape index (κ1) is 17.1. The Labute approximate surface area is 155 Å². The van der Waals surface area contributed by atoms with Gasteiger partial charge in [-0.2, -0.15) is 0 Å². The molecule has 1 N–H and O–H groups in total. The molecule has 2 aromatic heterocycles. The topological polar surface area (TPSA) is 84.7 Å². The quantitative estimate of drug-likeness (QED) is 0.567. The van der Waals surface area contributed by atoms with E-state index in [2.05, 4.69) is 9.88 Å². The number of nitrogens with zero attached hydrogens (tertiary/aromatic N) is 3. The van der Waals surface area contributed by atoms with Gasteiger partial charge >= 0.3 is 5.97 Å². The molecule has 7 nitrogen and oxygen atoms in total. The SMILES string of the molecule is CCOC(=O)c1ccc2c(c1)CN(c1cc(=O)n(O)c3ncccc13)CC2. The van der Waals surface area contributed by atoms with E-state index in [1.54, 1.807) is 19.1 Å². The molecule has 0 aliphatic carbocycles. The van der Waals surface area contributed by atoms with Gasteiger partial charge in [-0.25, -0.2) is 9.78 Å². The summed E-state index contributed by atoms with van der Waals surface area (Å²) in [6, 6.07) is 10.6. The third-order valence-corrected chi connectivity index (χ3v) is 4.80. The highest BCUT2D eigenvalue weighted by atomic mass is 16.5. The number of anilines is 1. The molecule has 0 fully saturated rings. The summed E-state index contributed by atoms with van der Waals surface area (Å²) >= 11 is 0. The number of aromatic nitrogens is 2. The molecule has 0 amide bonds. The fraction of sp³-hybridized carbons (Fsp3) is 0.250. The number of esters is 1. The van der Waals surface area contributed by atoms with E-state index < -0.39 is 5.56 Å². The molecule has 0 bridgehead atoms. The van der Waals surface area contributed by atoms with Crippen LogP contribution in [0.15, 0.2) is 47.4 Å². The van der Waals surface area contributed by atoms with Gasteiger partial charge in [0.1, 0.15) is 0 Å². The van der Waals surface area contributed by atoms with Gasteiger partial charge in [0.05, 0.1) is 17.9 Å². The molecule has 1 aliphatic heterocycles. The van der Waals surface area contributed by atoms with Gasteiger partial charge < -0.3 is 14.8 Å². The first-order valence-corrected chi connectivity index (χ1v) is 8.82. The maximum Gasteiger partial charge on any atom is 0.338 e. The van der Waals surface area contributed by atoms with Crippen LogP contribution in [0.3, 0.4) is 0 Å². The third-order valence-electron chi connectivity index (χ3n) is 4.80. The van der Waals surface area contributed by atoms with Gasteiger partial charge in [-0.05, 0) is 48.7 Å².